The van der Waals surface area contributed by atoms with E-state index in [-0.39, 0.29) is 6.42 Å². The minimum absolute atomic E-state index is 0.258. The van der Waals surface area contributed by atoms with E-state index >= 15 is 0 Å². The molecule has 0 aliphatic carbocycles. The molecule has 1 heterocycles. The van der Waals surface area contributed by atoms with E-state index in [2.05, 4.69) is 14.8 Å². The number of carbonyl (C=O) groups is 3. The zero-order valence-corrected chi connectivity index (χ0v) is 8.66. The van der Waals surface area contributed by atoms with Crippen LogP contribution in [0.4, 0.5) is 0 Å². The number of hydrogen-bond donors (Lipinski definition) is 1. The predicted molar refractivity (Wildman–Crippen MR) is 49.0 cm³/mol. The number of carbonyl (C=O) groups excluding carboxylic acids is 3. The standard InChI is InChI=1S/C9H13NO5/c1-14-7(12)6(11)9(8(13)15-2)4-3-5-10-9/h10H,3-5H2,1-2H3/t9-/m0/s1. The summed E-state index contributed by atoms with van der Waals surface area (Å²) in [7, 11) is 2.27. The molecule has 1 aliphatic heterocycles. The molecule has 0 saturated carbocycles. The molecule has 0 amide bonds. The Kier molecular flexibility index (Phi) is 3.41. The summed E-state index contributed by atoms with van der Waals surface area (Å²) in [5, 5.41) is 2.71. The van der Waals surface area contributed by atoms with E-state index in [1.807, 2.05) is 0 Å². The second kappa shape index (κ2) is 4.39. The van der Waals surface area contributed by atoms with E-state index in [1.165, 1.54) is 7.11 Å². The second-order valence-electron chi connectivity index (χ2n) is 3.25. The summed E-state index contributed by atoms with van der Waals surface area (Å²) in [6, 6.07) is 0. The number of esters is 2. The van der Waals surface area contributed by atoms with Gasteiger partial charge < -0.3 is 9.47 Å². The van der Waals surface area contributed by atoms with Gasteiger partial charge in [0.2, 0.25) is 0 Å². The molecule has 6 heteroatoms. The molecule has 0 unspecified atom stereocenters. The van der Waals surface area contributed by atoms with Crippen molar-refractivity contribution in [1.29, 1.82) is 0 Å². The summed E-state index contributed by atoms with van der Waals surface area (Å²) in [4.78, 5) is 34.3. The van der Waals surface area contributed by atoms with E-state index in [1.54, 1.807) is 0 Å². The third kappa shape index (κ3) is 1.85. The molecular formula is C9H13NO5. The van der Waals surface area contributed by atoms with Crippen LogP contribution < -0.4 is 5.32 Å². The van der Waals surface area contributed by atoms with Gasteiger partial charge >= 0.3 is 11.9 Å². The van der Waals surface area contributed by atoms with Crippen molar-refractivity contribution in [2.24, 2.45) is 0 Å². The molecule has 0 spiro atoms. The lowest BCUT2D eigenvalue weighted by atomic mass is 9.92. The van der Waals surface area contributed by atoms with Crippen LogP contribution in [0.15, 0.2) is 0 Å². The Labute approximate surface area is 86.9 Å². The van der Waals surface area contributed by atoms with Gasteiger partial charge in [0.1, 0.15) is 0 Å². The highest BCUT2D eigenvalue weighted by Crippen LogP contribution is 2.22. The molecule has 0 aromatic carbocycles. The highest BCUT2D eigenvalue weighted by molar-refractivity contribution is 6.42. The Balaban J connectivity index is 2.96. The normalized spacial score (nSPS) is 24.7. The molecule has 1 saturated heterocycles. The predicted octanol–water partition coefficient (Wildman–Crippen LogP) is -0.976. The van der Waals surface area contributed by atoms with Crippen LogP contribution in [0.2, 0.25) is 0 Å². The monoisotopic (exact) mass is 215 g/mol. The summed E-state index contributed by atoms with van der Waals surface area (Å²) < 4.78 is 8.83. The first-order valence-corrected chi connectivity index (χ1v) is 4.54. The van der Waals surface area contributed by atoms with Gasteiger partial charge in [0.15, 0.2) is 5.54 Å². The van der Waals surface area contributed by atoms with Crippen molar-refractivity contribution < 1.29 is 23.9 Å². The van der Waals surface area contributed by atoms with E-state index < -0.39 is 23.3 Å². The van der Waals surface area contributed by atoms with Gasteiger partial charge in [-0.05, 0) is 19.4 Å². The maximum absolute atomic E-state index is 11.7. The maximum Gasteiger partial charge on any atom is 0.377 e. The Morgan fingerprint density at radius 1 is 1.20 bits per heavy atom. The van der Waals surface area contributed by atoms with Crippen LogP contribution in [0.5, 0.6) is 0 Å². The molecule has 1 N–H and O–H groups in total. The topological polar surface area (TPSA) is 81.7 Å². The first-order valence-electron chi connectivity index (χ1n) is 4.54. The van der Waals surface area contributed by atoms with Crippen LogP contribution in [0.3, 0.4) is 0 Å². The fourth-order valence-corrected chi connectivity index (χ4v) is 1.65. The van der Waals surface area contributed by atoms with E-state index in [0.29, 0.717) is 13.0 Å². The molecule has 1 fully saturated rings. The third-order valence-electron chi connectivity index (χ3n) is 2.45. The zero-order chi connectivity index (χ0) is 11.5. The molecule has 1 atom stereocenters. The molecule has 6 nitrogen and oxygen atoms in total. The van der Waals surface area contributed by atoms with Crippen molar-refractivity contribution in [3.8, 4) is 0 Å². The minimum atomic E-state index is -1.54. The van der Waals surface area contributed by atoms with Crippen molar-refractivity contribution in [1.82, 2.24) is 5.32 Å². The van der Waals surface area contributed by atoms with Gasteiger partial charge in [-0.15, -0.1) is 0 Å². The van der Waals surface area contributed by atoms with Crippen molar-refractivity contribution in [2.45, 2.75) is 18.4 Å². The number of ether oxygens (including phenoxy) is 2. The lowest BCUT2D eigenvalue weighted by molar-refractivity contribution is -0.162. The van der Waals surface area contributed by atoms with Gasteiger partial charge in [0.05, 0.1) is 14.2 Å². The SMILES string of the molecule is COC(=O)C(=O)[C@]1(C(=O)OC)CCCN1. The molecule has 0 bridgehead atoms. The van der Waals surface area contributed by atoms with Crippen molar-refractivity contribution in [2.75, 3.05) is 20.8 Å². The smallest absolute Gasteiger partial charge is 0.377 e. The summed E-state index contributed by atoms with van der Waals surface area (Å²) in [5.41, 5.74) is -1.54. The molecule has 0 aromatic heterocycles. The minimum Gasteiger partial charge on any atom is -0.467 e. The van der Waals surface area contributed by atoms with Gasteiger partial charge in [-0.1, -0.05) is 0 Å². The van der Waals surface area contributed by atoms with E-state index in [4.69, 9.17) is 0 Å². The number of hydrogen-bond acceptors (Lipinski definition) is 6. The van der Waals surface area contributed by atoms with Gasteiger partial charge in [-0.25, -0.2) is 9.59 Å². The maximum atomic E-state index is 11.7. The third-order valence-corrected chi connectivity index (χ3v) is 2.45. The van der Waals surface area contributed by atoms with Crippen LogP contribution in [-0.2, 0) is 23.9 Å². The zero-order valence-electron chi connectivity index (χ0n) is 8.66. The van der Waals surface area contributed by atoms with Crippen molar-refractivity contribution in [3.63, 3.8) is 0 Å². The molecule has 1 aliphatic rings. The van der Waals surface area contributed by atoms with E-state index in [0.717, 1.165) is 7.11 Å². The van der Waals surface area contributed by atoms with Gasteiger partial charge in [0.25, 0.3) is 5.78 Å². The largest absolute Gasteiger partial charge is 0.467 e. The van der Waals surface area contributed by atoms with Crippen LogP contribution in [-0.4, -0.2) is 44.0 Å². The highest BCUT2D eigenvalue weighted by atomic mass is 16.5. The Morgan fingerprint density at radius 2 is 1.87 bits per heavy atom. The number of rotatable bonds is 3. The second-order valence-corrected chi connectivity index (χ2v) is 3.25. The molecule has 0 radical (unpaired) electrons. The van der Waals surface area contributed by atoms with Crippen molar-refractivity contribution in [3.05, 3.63) is 0 Å². The van der Waals surface area contributed by atoms with Crippen molar-refractivity contribution >= 4 is 17.7 Å². The fourth-order valence-electron chi connectivity index (χ4n) is 1.65. The van der Waals surface area contributed by atoms with Gasteiger partial charge in [0, 0.05) is 0 Å². The van der Waals surface area contributed by atoms with Gasteiger partial charge in [-0.2, -0.15) is 0 Å². The number of Topliss-reactive ketones (excluding diaryl/α,β-unsaturated/α-hetero) is 1. The number of ketones is 1. The quantitative estimate of drug-likeness (QED) is 0.370. The molecule has 1 rings (SSSR count). The van der Waals surface area contributed by atoms with Crippen LogP contribution in [0.25, 0.3) is 0 Å². The summed E-state index contributed by atoms with van der Waals surface area (Å²) in [6.07, 6.45) is 0.894. The Morgan fingerprint density at radius 3 is 2.27 bits per heavy atom. The highest BCUT2D eigenvalue weighted by Gasteiger charge is 2.52. The number of methoxy groups -OCH3 is 2. The van der Waals surface area contributed by atoms with Crippen LogP contribution in [0, 0.1) is 0 Å². The first kappa shape index (κ1) is 11.6. The average Bonchev–Trinajstić information content (AvgIpc) is 2.76. The fraction of sp³-hybridized carbons (Fsp3) is 0.667. The van der Waals surface area contributed by atoms with Crippen LogP contribution in [0.1, 0.15) is 12.8 Å². The first-order chi connectivity index (χ1) is 7.08. The summed E-state index contributed by atoms with van der Waals surface area (Å²) in [5.74, 6) is -2.67. The molecule has 15 heavy (non-hydrogen) atoms. The summed E-state index contributed by atoms with van der Waals surface area (Å²) in [6.45, 7) is 0.498. The van der Waals surface area contributed by atoms with Gasteiger partial charge in [-0.3, -0.25) is 10.1 Å². The van der Waals surface area contributed by atoms with Crippen LogP contribution >= 0.6 is 0 Å². The lowest BCUT2D eigenvalue weighted by Crippen LogP contribution is -2.57. The Hall–Kier alpha value is -1.43. The lowest BCUT2D eigenvalue weighted by Gasteiger charge is -2.22. The Bertz CT molecular complexity index is 293. The average molecular weight is 215 g/mol. The molecular weight excluding hydrogens is 202 g/mol. The summed E-state index contributed by atoms with van der Waals surface area (Å²) >= 11 is 0. The van der Waals surface area contributed by atoms with E-state index in [9.17, 15) is 14.4 Å². The molecule has 0 aromatic rings. The molecule has 84 valence electrons. The number of nitrogens with one attached hydrogen (secondary N) is 1.